The first kappa shape index (κ1) is 15.2. The number of hydrogen-bond donors (Lipinski definition) is 0. The Morgan fingerprint density at radius 3 is 2.76 bits per heavy atom. The molecule has 1 aliphatic heterocycles. The van der Waals surface area contributed by atoms with Gasteiger partial charge in [0.1, 0.15) is 5.52 Å². The van der Waals surface area contributed by atoms with Crippen LogP contribution in [0.3, 0.4) is 0 Å². The van der Waals surface area contributed by atoms with Crippen LogP contribution in [0, 0.1) is 5.92 Å². The minimum atomic E-state index is -0.681. The van der Waals surface area contributed by atoms with Crippen LogP contribution < -0.4 is 9.19 Å². The van der Waals surface area contributed by atoms with Crippen molar-refractivity contribution >= 4 is 24.9 Å². The molecule has 0 bridgehead atoms. The van der Waals surface area contributed by atoms with E-state index in [-0.39, 0.29) is 0 Å². The van der Waals surface area contributed by atoms with Gasteiger partial charge in [0.25, 0.3) is 0 Å². The molecule has 5 rings (SSSR count). The molecular weight excluding hydrogens is 327 g/mol. The fraction of sp³-hybridized carbons (Fsp3) is 0.286. The fourth-order valence-electron chi connectivity index (χ4n) is 4.19. The van der Waals surface area contributed by atoms with Crippen LogP contribution in [0.25, 0.3) is 10.9 Å². The van der Waals surface area contributed by atoms with Crippen molar-refractivity contribution in [3.8, 4) is 5.75 Å². The van der Waals surface area contributed by atoms with Gasteiger partial charge in [-0.05, 0) is 43.0 Å². The lowest BCUT2D eigenvalue weighted by molar-refractivity contribution is 0.582. The molecule has 25 heavy (non-hydrogen) atoms. The number of benzene rings is 2. The van der Waals surface area contributed by atoms with Crippen LogP contribution in [0.4, 0.5) is 5.69 Å². The molecule has 0 spiro atoms. The van der Waals surface area contributed by atoms with Crippen LogP contribution in [0.5, 0.6) is 5.75 Å². The monoisotopic (exact) mass is 348 g/mol. The molecule has 0 amide bonds. The third kappa shape index (κ3) is 2.67. The summed E-state index contributed by atoms with van der Waals surface area (Å²) in [6, 6.07) is 21.1. The fourth-order valence-corrected chi connectivity index (χ4v) is 6.87. The Bertz CT molecular complexity index is 880. The summed E-state index contributed by atoms with van der Waals surface area (Å²) in [5.41, 5.74) is 2.94. The Labute approximate surface area is 149 Å². The zero-order valence-corrected chi connectivity index (χ0v) is 15.0. The van der Waals surface area contributed by atoms with E-state index in [1.807, 2.05) is 12.3 Å². The van der Waals surface area contributed by atoms with Crippen LogP contribution in [0.1, 0.15) is 19.3 Å². The number of hydrogen-bond acceptors (Lipinski definition) is 3. The predicted molar refractivity (Wildman–Crippen MR) is 104 cm³/mol. The van der Waals surface area contributed by atoms with Crippen LogP contribution in [0.15, 0.2) is 66.9 Å². The third-order valence-electron chi connectivity index (χ3n) is 5.39. The van der Waals surface area contributed by atoms with Gasteiger partial charge in [0.2, 0.25) is 0 Å². The quantitative estimate of drug-likeness (QED) is 0.575. The molecule has 126 valence electrons. The maximum atomic E-state index is 6.70. The summed E-state index contributed by atoms with van der Waals surface area (Å²) >= 11 is 0. The standard InChI is InChI=1S/C21H21N2OP/c1-2-10-18(11-3-1)23-15-17-8-5-13-20(17)25(23)24-19-12-4-7-16-9-6-14-22-21(16)19/h1-4,6-7,9-12,14,17,20H,5,8,13,15H2/t17-,20?,25?/m0/s1. The third-order valence-corrected chi connectivity index (χ3v) is 7.89. The second-order valence-corrected chi connectivity index (χ2v) is 8.83. The molecule has 1 aliphatic carbocycles. The highest BCUT2D eigenvalue weighted by atomic mass is 31.2. The van der Waals surface area contributed by atoms with Crippen molar-refractivity contribution in [1.82, 2.24) is 4.98 Å². The van der Waals surface area contributed by atoms with E-state index in [1.165, 1.54) is 24.9 Å². The first-order valence-electron chi connectivity index (χ1n) is 9.03. The zero-order valence-electron chi connectivity index (χ0n) is 14.1. The van der Waals surface area contributed by atoms with Gasteiger partial charge in [-0.15, -0.1) is 0 Å². The number of nitrogens with zero attached hydrogens (tertiary/aromatic N) is 2. The maximum absolute atomic E-state index is 6.70. The van der Waals surface area contributed by atoms with Crippen molar-refractivity contribution < 1.29 is 4.52 Å². The van der Waals surface area contributed by atoms with Crippen molar-refractivity contribution in [1.29, 1.82) is 0 Å². The van der Waals surface area contributed by atoms with E-state index in [0.717, 1.165) is 29.1 Å². The van der Waals surface area contributed by atoms with Crippen LogP contribution in [-0.4, -0.2) is 17.2 Å². The Hall–Kier alpha value is -2.12. The maximum Gasteiger partial charge on any atom is 0.195 e. The Balaban J connectivity index is 1.53. The highest BCUT2D eigenvalue weighted by Gasteiger charge is 2.47. The van der Waals surface area contributed by atoms with Gasteiger partial charge < -0.3 is 9.19 Å². The summed E-state index contributed by atoms with van der Waals surface area (Å²) < 4.78 is 9.22. The second kappa shape index (κ2) is 6.31. The van der Waals surface area contributed by atoms with Gasteiger partial charge in [0.15, 0.2) is 14.0 Å². The smallest absolute Gasteiger partial charge is 0.195 e. The van der Waals surface area contributed by atoms with Crippen LogP contribution >= 0.6 is 8.30 Å². The largest absolute Gasteiger partial charge is 0.450 e. The van der Waals surface area contributed by atoms with Gasteiger partial charge in [0.05, 0.1) is 0 Å². The highest BCUT2D eigenvalue weighted by molar-refractivity contribution is 7.56. The molecule has 0 radical (unpaired) electrons. The summed E-state index contributed by atoms with van der Waals surface area (Å²) in [6.45, 7) is 1.12. The number of anilines is 1. The molecule has 2 aromatic carbocycles. The zero-order chi connectivity index (χ0) is 16.6. The average Bonchev–Trinajstić information content (AvgIpc) is 3.25. The van der Waals surface area contributed by atoms with E-state index in [4.69, 9.17) is 4.52 Å². The molecular formula is C21H21N2OP. The minimum absolute atomic E-state index is 0.675. The topological polar surface area (TPSA) is 25.4 Å². The summed E-state index contributed by atoms with van der Waals surface area (Å²) in [4.78, 5) is 4.57. The molecule has 3 atom stereocenters. The number of aromatic nitrogens is 1. The van der Waals surface area contributed by atoms with Crippen molar-refractivity contribution in [3.05, 3.63) is 66.9 Å². The number of para-hydroxylation sites is 2. The summed E-state index contributed by atoms with van der Waals surface area (Å²) in [7, 11) is -0.681. The Morgan fingerprint density at radius 1 is 0.960 bits per heavy atom. The first-order valence-corrected chi connectivity index (χ1v) is 10.3. The molecule has 2 unspecified atom stereocenters. The normalized spacial score (nSPS) is 25.3. The Kier molecular flexibility index (Phi) is 3.83. The predicted octanol–water partition coefficient (Wildman–Crippen LogP) is 5.61. The molecule has 1 saturated heterocycles. The molecule has 0 N–H and O–H groups in total. The summed E-state index contributed by atoms with van der Waals surface area (Å²) in [5, 5.41) is 1.14. The van der Waals surface area contributed by atoms with Gasteiger partial charge in [0, 0.05) is 29.5 Å². The molecule has 2 aliphatic rings. The lowest BCUT2D eigenvalue weighted by atomic mass is 10.1. The number of pyridine rings is 1. The number of rotatable bonds is 3. The molecule has 2 heterocycles. The lowest BCUT2D eigenvalue weighted by Gasteiger charge is -2.29. The van der Waals surface area contributed by atoms with Gasteiger partial charge >= 0.3 is 0 Å². The van der Waals surface area contributed by atoms with E-state index >= 15 is 0 Å². The van der Waals surface area contributed by atoms with Crippen molar-refractivity contribution in [3.63, 3.8) is 0 Å². The summed E-state index contributed by atoms with van der Waals surface area (Å²) in [6.07, 6.45) is 5.82. The van der Waals surface area contributed by atoms with Crippen molar-refractivity contribution in [2.75, 3.05) is 11.2 Å². The van der Waals surface area contributed by atoms with Gasteiger partial charge in [-0.2, -0.15) is 0 Å². The van der Waals surface area contributed by atoms with Gasteiger partial charge in [-0.25, -0.2) is 0 Å². The first-order chi connectivity index (χ1) is 12.4. The minimum Gasteiger partial charge on any atom is -0.450 e. The molecule has 3 nitrogen and oxygen atoms in total. The highest BCUT2D eigenvalue weighted by Crippen LogP contribution is 2.61. The average molecular weight is 348 g/mol. The second-order valence-electron chi connectivity index (χ2n) is 6.90. The Morgan fingerprint density at radius 2 is 1.84 bits per heavy atom. The molecule has 1 aromatic heterocycles. The van der Waals surface area contributed by atoms with E-state index in [1.54, 1.807) is 0 Å². The summed E-state index contributed by atoms with van der Waals surface area (Å²) in [5.74, 6) is 1.70. The molecule has 3 aromatic rings. The molecule has 4 heteroatoms. The van der Waals surface area contributed by atoms with E-state index in [9.17, 15) is 0 Å². The van der Waals surface area contributed by atoms with Gasteiger partial charge in [-0.1, -0.05) is 42.8 Å². The number of fused-ring (bicyclic) bond motifs is 2. The van der Waals surface area contributed by atoms with Crippen molar-refractivity contribution in [2.45, 2.75) is 24.9 Å². The lowest BCUT2D eigenvalue weighted by Crippen LogP contribution is -2.17. The van der Waals surface area contributed by atoms with Gasteiger partial charge in [-0.3, -0.25) is 4.98 Å². The van der Waals surface area contributed by atoms with E-state index in [0.29, 0.717) is 5.66 Å². The SMILES string of the molecule is c1ccc(N2C[C@@H]3CCCC3P2Oc2cccc3cccnc23)cc1. The molecule has 2 fully saturated rings. The van der Waals surface area contributed by atoms with Crippen LogP contribution in [-0.2, 0) is 0 Å². The van der Waals surface area contributed by atoms with E-state index in [2.05, 4.69) is 64.3 Å². The van der Waals surface area contributed by atoms with E-state index < -0.39 is 8.30 Å². The van der Waals surface area contributed by atoms with Crippen LogP contribution in [0.2, 0.25) is 0 Å². The molecule has 1 saturated carbocycles. The van der Waals surface area contributed by atoms with Crippen molar-refractivity contribution in [2.24, 2.45) is 5.92 Å².